The highest BCUT2D eigenvalue weighted by molar-refractivity contribution is 5.68. The third-order valence-corrected chi connectivity index (χ3v) is 26.9. The minimum Gasteiger partial charge on any atom is -0.481 e. The molecule has 22 unspecified atom stereocenters. The van der Waals surface area contributed by atoms with Gasteiger partial charge in [0.15, 0.2) is 0 Å². The van der Waals surface area contributed by atoms with Gasteiger partial charge >= 0.3 is 23.9 Å². The third kappa shape index (κ3) is 28.2. The summed E-state index contributed by atoms with van der Waals surface area (Å²) in [5.74, 6) is 13.6. The molecule has 0 aliphatic heterocycles. The maximum Gasteiger partial charge on any atom is 0.303 e. The van der Waals surface area contributed by atoms with Gasteiger partial charge in [-0.05, 0) is 233 Å². The van der Waals surface area contributed by atoms with Crippen molar-refractivity contribution in [3.8, 4) is 0 Å². The summed E-state index contributed by atoms with van der Waals surface area (Å²) in [5.41, 5.74) is 0. The Morgan fingerprint density at radius 2 is 0.580 bits per heavy atom. The van der Waals surface area contributed by atoms with Crippen molar-refractivity contribution >= 4 is 23.9 Å². The van der Waals surface area contributed by atoms with Gasteiger partial charge in [-0.2, -0.15) is 0 Å². The van der Waals surface area contributed by atoms with Crippen molar-refractivity contribution in [2.75, 3.05) is 0 Å². The van der Waals surface area contributed by atoms with Gasteiger partial charge < -0.3 is 20.4 Å². The Labute approximate surface area is 541 Å². The average molecular weight is 1230 g/mol. The molecule has 22 atom stereocenters. The van der Waals surface area contributed by atoms with Crippen LogP contribution < -0.4 is 0 Å². The summed E-state index contributed by atoms with van der Waals surface area (Å²) in [4.78, 5) is 45.4. The summed E-state index contributed by atoms with van der Waals surface area (Å²) in [5, 5.41) is 37.4. The number of hydrogen-bond donors (Lipinski definition) is 4. The first-order valence-corrected chi connectivity index (χ1v) is 39.0. The second-order valence-electron chi connectivity index (χ2n) is 34.2. The van der Waals surface area contributed by atoms with Gasteiger partial charge in [-0.25, -0.2) is 0 Å². The zero-order valence-corrected chi connectivity index (χ0v) is 58.7. The van der Waals surface area contributed by atoms with E-state index in [0.29, 0.717) is 37.5 Å². The number of aliphatic carboxylic acids is 4. The van der Waals surface area contributed by atoms with Crippen LogP contribution in [0.2, 0.25) is 0 Å². The highest BCUT2D eigenvalue weighted by Gasteiger charge is 2.40. The third-order valence-electron chi connectivity index (χ3n) is 26.9. The molecule has 6 fully saturated rings. The summed E-state index contributed by atoms with van der Waals surface area (Å²) in [6, 6.07) is 0. The first-order chi connectivity index (χ1) is 42.2. The Hall–Kier alpha value is -2.12. The topological polar surface area (TPSA) is 149 Å². The Balaban J connectivity index is 1.00. The van der Waals surface area contributed by atoms with Gasteiger partial charge in [-0.1, -0.05) is 222 Å². The summed E-state index contributed by atoms with van der Waals surface area (Å²) >= 11 is 0. The van der Waals surface area contributed by atoms with E-state index in [1.165, 1.54) is 231 Å². The molecule has 4 N–H and O–H groups in total. The standard InChI is InChI=1S/C80H142O8/c1-55(15-9-19-59(5)69-37-33-65(47-69)25-11-17-57(3)45-77(81)82)27-29-63(23-13-21-61(7)71-41-43-75(53-71)73-39-35-67(49-73)51-79(85)86)31-32-64(24-14-22-62(8)72-42-44-76(54-72)74-40-36-68(50-74)52-80(87)88)30-28-56(2)16-10-20-60(6)70-38-34-66(48-70)26-12-18-58(4)46-78(83)84/h55-76H,9-54H2,1-8H3,(H,81,82)(H,83,84)(H,85,86)(H,87,88). The van der Waals surface area contributed by atoms with E-state index in [4.69, 9.17) is 0 Å². The molecular weight excluding hydrogens is 1090 g/mol. The first kappa shape index (κ1) is 74.9. The fraction of sp³-hybridized carbons (Fsp3) is 0.950. The van der Waals surface area contributed by atoms with E-state index in [1.54, 1.807) is 0 Å². The molecule has 6 rings (SSSR count). The molecule has 6 aliphatic rings. The van der Waals surface area contributed by atoms with Gasteiger partial charge in [-0.3, -0.25) is 19.2 Å². The molecule has 510 valence electrons. The summed E-state index contributed by atoms with van der Waals surface area (Å²) < 4.78 is 0. The SMILES string of the molecule is CC(CCCC(C)C1CCC(CCCC(C)CC(=O)O)C1)CCC(CCCC(C)C1CCC(C2CCC(CC(=O)O)C2)C1)CCC(CCCC(C)C1CCC(C2CCC(CC(=O)O)C2)C1)CCC(C)CCCC(C)C1CCC(CCCC(C)CC(=O)O)C1. The quantitative estimate of drug-likeness (QED) is 0.0471. The lowest BCUT2D eigenvalue weighted by molar-refractivity contribution is -0.139. The van der Waals surface area contributed by atoms with Crippen molar-refractivity contribution in [2.45, 2.75) is 351 Å². The molecule has 0 bridgehead atoms. The number of rotatable bonds is 47. The fourth-order valence-corrected chi connectivity index (χ4v) is 20.7. The maximum absolute atomic E-state index is 11.5. The number of carboxylic acid groups (broad SMARTS) is 4. The van der Waals surface area contributed by atoms with Gasteiger partial charge in [0.05, 0.1) is 0 Å². The van der Waals surface area contributed by atoms with Crippen LogP contribution in [0.3, 0.4) is 0 Å². The van der Waals surface area contributed by atoms with Crippen molar-refractivity contribution in [3.63, 3.8) is 0 Å². The number of hydrogen-bond acceptors (Lipinski definition) is 4. The second-order valence-corrected chi connectivity index (χ2v) is 34.2. The molecule has 6 saturated carbocycles. The van der Waals surface area contributed by atoms with E-state index in [9.17, 15) is 39.6 Å². The Bertz CT molecular complexity index is 1810. The van der Waals surface area contributed by atoms with Crippen LogP contribution in [0.1, 0.15) is 351 Å². The lowest BCUT2D eigenvalue weighted by Crippen LogP contribution is -2.14. The normalized spacial score (nSPS) is 30.9. The van der Waals surface area contributed by atoms with Crippen molar-refractivity contribution in [3.05, 3.63) is 0 Å². The van der Waals surface area contributed by atoms with Gasteiger partial charge in [0.2, 0.25) is 0 Å². The van der Waals surface area contributed by atoms with Crippen LogP contribution in [0.4, 0.5) is 0 Å². The number of carboxylic acids is 4. The minimum atomic E-state index is -0.657. The van der Waals surface area contributed by atoms with E-state index >= 15 is 0 Å². The average Bonchev–Trinajstić information content (AvgIpc) is 3.55. The molecule has 88 heavy (non-hydrogen) atoms. The van der Waals surface area contributed by atoms with Gasteiger partial charge in [0.25, 0.3) is 0 Å². The fourth-order valence-electron chi connectivity index (χ4n) is 20.7. The van der Waals surface area contributed by atoms with Crippen LogP contribution in [-0.2, 0) is 19.2 Å². The van der Waals surface area contributed by atoms with Crippen molar-refractivity contribution < 1.29 is 39.6 Å². The molecule has 0 saturated heterocycles. The van der Waals surface area contributed by atoms with Crippen LogP contribution in [0.5, 0.6) is 0 Å². The van der Waals surface area contributed by atoms with Gasteiger partial charge in [0.1, 0.15) is 0 Å². The lowest BCUT2D eigenvalue weighted by atomic mass is 9.79. The first-order valence-electron chi connectivity index (χ1n) is 39.0. The molecule has 8 nitrogen and oxygen atoms in total. The van der Waals surface area contributed by atoms with Gasteiger partial charge in [0, 0.05) is 25.7 Å². The molecule has 8 heteroatoms. The van der Waals surface area contributed by atoms with Crippen molar-refractivity contribution in [2.24, 2.45) is 130 Å². The highest BCUT2D eigenvalue weighted by Crippen LogP contribution is 2.50. The van der Waals surface area contributed by atoms with Crippen molar-refractivity contribution in [1.29, 1.82) is 0 Å². The van der Waals surface area contributed by atoms with E-state index < -0.39 is 23.9 Å². The Morgan fingerprint density at radius 3 is 0.943 bits per heavy atom. The Morgan fingerprint density at radius 1 is 0.284 bits per heavy atom. The molecule has 6 aliphatic carbocycles. The second kappa shape index (κ2) is 40.2. The van der Waals surface area contributed by atoms with E-state index in [1.807, 2.05) is 0 Å². The zero-order valence-electron chi connectivity index (χ0n) is 58.7. The van der Waals surface area contributed by atoms with Crippen molar-refractivity contribution in [1.82, 2.24) is 0 Å². The molecule has 0 aromatic carbocycles. The largest absolute Gasteiger partial charge is 0.481 e. The predicted molar refractivity (Wildman–Crippen MR) is 365 cm³/mol. The lowest BCUT2D eigenvalue weighted by Gasteiger charge is -2.26. The summed E-state index contributed by atoms with van der Waals surface area (Å²) in [6.07, 6.45) is 57.0. The monoisotopic (exact) mass is 1230 g/mol. The number of carbonyl (C=O) groups is 4. The minimum absolute atomic E-state index is 0.289. The van der Waals surface area contributed by atoms with Crippen LogP contribution >= 0.6 is 0 Å². The zero-order chi connectivity index (χ0) is 63.5. The van der Waals surface area contributed by atoms with Crippen LogP contribution in [0.15, 0.2) is 0 Å². The molecule has 0 spiro atoms. The molecular formula is C80H142O8. The van der Waals surface area contributed by atoms with E-state index in [0.717, 1.165) is 145 Å². The Kier molecular flexibility index (Phi) is 34.2. The molecule has 0 heterocycles. The van der Waals surface area contributed by atoms with Crippen LogP contribution in [-0.4, -0.2) is 44.3 Å². The van der Waals surface area contributed by atoms with Crippen LogP contribution in [0, 0.1) is 130 Å². The summed E-state index contributed by atoms with van der Waals surface area (Å²) in [7, 11) is 0. The smallest absolute Gasteiger partial charge is 0.303 e. The van der Waals surface area contributed by atoms with E-state index in [2.05, 4.69) is 55.4 Å². The molecule has 0 radical (unpaired) electrons. The molecule has 0 aromatic rings. The van der Waals surface area contributed by atoms with Gasteiger partial charge in [-0.15, -0.1) is 0 Å². The summed E-state index contributed by atoms with van der Waals surface area (Å²) in [6.45, 7) is 19.6. The van der Waals surface area contributed by atoms with Crippen LogP contribution in [0.25, 0.3) is 0 Å². The predicted octanol–water partition coefficient (Wildman–Crippen LogP) is 23.1. The molecule has 0 aromatic heterocycles. The van der Waals surface area contributed by atoms with E-state index in [-0.39, 0.29) is 11.8 Å². The highest BCUT2D eigenvalue weighted by atomic mass is 16.4. The maximum atomic E-state index is 11.5. The molecule has 0 amide bonds.